The maximum Gasteiger partial charge on any atom is 0.266 e. The van der Waals surface area contributed by atoms with Crippen molar-refractivity contribution in [2.45, 2.75) is 6.92 Å². The Bertz CT molecular complexity index is 885. The van der Waals surface area contributed by atoms with Gasteiger partial charge in [0.1, 0.15) is 11.6 Å². The number of benzene rings is 2. The monoisotopic (exact) mass is 417 g/mol. The zero-order valence-corrected chi connectivity index (χ0v) is 16.4. The predicted molar refractivity (Wildman–Crippen MR) is 107 cm³/mol. The molecule has 0 aliphatic carbocycles. The molecule has 0 aromatic heterocycles. The van der Waals surface area contributed by atoms with E-state index < -0.39 is 5.91 Å². The summed E-state index contributed by atoms with van der Waals surface area (Å²) in [5, 5.41) is 12.7. The SMILES string of the molecule is Cc1cc(Cl)ccc1NC(=O)/C(C#N)=C/c1ccc(N(C)C)c(Br)c1. The van der Waals surface area contributed by atoms with Crippen LogP contribution < -0.4 is 10.2 Å². The van der Waals surface area contributed by atoms with E-state index in [-0.39, 0.29) is 5.57 Å². The van der Waals surface area contributed by atoms with Gasteiger partial charge >= 0.3 is 0 Å². The third-order valence-electron chi connectivity index (χ3n) is 3.57. The first-order valence-electron chi connectivity index (χ1n) is 7.48. The Balaban J connectivity index is 2.26. The van der Waals surface area contributed by atoms with E-state index in [1.54, 1.807) is 24.3 Å². The van der Waals surface area contributed by atoms with Crippen LogP contribution in [0.4, 0.5) is 11.4 Å². The minimum Gasteiger partial charge on any atom is -0.377 e. The fraction of sp³-hybridized carbons (Fsp3) is 0.158. The van der Waals surface area contributed by atoms with Gasteiger partial charge in [0.15, 0.2) is 0 Å². The van der Waals surface area contributed by atoms with Crippen LogP contribution in [-0.2, 0) is 4.79 Å². The van der Waals surface area contributed by atoms with Gasteiger partial charge in [-0.05, 0) is 70.4 Å². The summed E-state index contributed by atoms with van der Waals surface area (Å²) in [6, 6.07) is 12.8. The van der Waals surface area contributed by atoms with Crippen LogP contribution in [0.2, 0.25) is 5.02 Å². The predicted octanol–water partition coefficient (Wildman–Crippen LogP) is 5.02. The summed E-state index contributed by atoms with van der Waals surface area (Å²) in [5.41, 5.74) is 3.25. The maximum absolute atomic E-state index is 12.4. The van der Waals surface area contributed by atoms with Crippen molar-refractivity contribution in [2.75, 3.05) is 24.3 Å². The molecule has 6 heteroatoms. The van der Waals surface area contributed by atoms with E-state index in [9.17, 15) is 10.1 Å². The van der Waals surface area contributed by atoms with E-state index in [0.717, 1.165) is 21.3 Å². The average Bonchev–Trinajstić information content (AvgIpc) is 2.54. The molecule has 0 aliphatic heterocycles. The number of anilines is 2. The number of nitrogens with one attached hydrogen (secondary N) is 1. The van der Waals surface area contributed by atoms with Crippen molar-refractivity contribution in [1.29, 1.82) is 5.26 Å². The van der Waals surface area contributed by atoms with E-state index >= 15 is 0 Å². The first-order chi connectivity index (χ1) is 11.8. The number of nitriles is 1. The zero-order chi connectivity index (χ0) is 18.6. The van der Waals surface area contributed by atoms with Crippen LogP contribution in [0.3, 0.4) is 0 Å². The third kappa shape index (κ3) is 4.85. The molecule has 0 unspecified atom stereocenters. The van der Waals surface area contributed by atoms with Crippen LogP contribution in [0, 0.1) is 18.3 Å². The second kappa shape index (κ2) is 8.19. The topological polar surface area (TPSA) is 56.1 Å². The standard InChI is InChI=1S/C19H17BrClN3O/c1-12-8-15(21)5-6-17(12)23-19(25)14(11-22)9-13-4-7-18(24(2)3)16(20)10-13/h4-10H,1-3H3,(H,23,25)/b14-9+. The second-order valence-corrected chi connectivity index (χ2v) is 6.98. The number of rotatable bonds is 4. The Morgan fingerprint density at radius 1 is 1.28 bits per heavy atom. The lowest BCUT2D eigenvalue weighted by Gasteiger charge is -2.14. The minimum atomic E-state index is -0.458. The zero-order valence-electron chi connectivity index (χ0n) is 14.1. The van der Waals surface area contributed by atoms with Crippen LogP contribution in [0.15, 0.2) is 46.4 Å². The molecule has 4 nitrogen and oxygen atoms in total. The van der Waals surface area contributed by atoms with Gasteiger partial charge in [0.2, 0.25) is 0 Å². The Hall–Kier alpha value is -2.29. The molecule has 2 aromatic carbocycles. The van der Waals surface area contributed by atoms with E-state index in [1.807, 2.05) is 50.2 Å². The molecule has 25 heavy (non-hydrogen) atoms. The lowest BCUT2D eigenvalue weighted by Crippen LogP contribution is -2.14. The number of nitrogens with zero attached hydrogens (tertiary/aromatic N) is 2. The molecular formula is C19H17BrClN3O. The number of carbonyl (C=O) groups is 1. The number of carbonyl (C=O) groups excluding carboxylic acids is 1. The van der Waals surface area contributed by atoms with Gasteiger partial charge in [0.25, 0.3) is 5.91 Å². The van der Waals surface area contributed by atoms with Crippen LogP contribution in [0.5, 0.6) is 0 Å². The first-order valence-corrected chi connectivity index (χ1v) is 8.65. The van der Waals surface area contributed by atoms with Crippen LogP contribution in [0.1, 0.15) is 11.1 Å². The van der Waals surface area contributed by atoms with Gasteiger partial charge in [-0.3, -0.25) is 4.79 Å². The minimum absolute atomic E-state index is 0.0267. The van der Waals surface area contributed by atoms with Crippen LogP contribution in [-0.4, -0.2) is 20.0 Å². The number of hydrogen-bond donors (Lipinski definition) is 1. The van der Waals surface area contributed by atoms with Crippen LogP contribution in [0.25, 0.3) is 6.08 Å². The van der Waals surface area contributed by atoms with E-state index in [4.69, 9.17) is 11.6 Å². The van der Waals surface area contributed by atoms with Crippen molar-refractivity contribution in [2.24, 2.45) is 0 Å². The number of hydrogen-bond acceptors (Lipinski definition) is 3. The molecule has 2 rings (SSSR count). The molecule has 0 saturated heterocycles. The van der Waals surface area contributed by atoms with Gasteiger partial charge in [-0.25, -0.2) is 0 Å². The fourth-order valence-electron chi connectivity index (χ4n) is 2.25. The second-order valence-electron chi connectivity index (χ2n) is 5.69. The Kier molecular flexibility index (Phi) is 6.24. The number of aryl methyl sites for hydroxylation is 1. The van der Waals surface area contributed by atoms with E-state index in [1.165, 1.54) is 0 Å². The van der Waals surface area contributed by atoms with E-state index in [2.05, 4.69) is 21.2 Å². The van der Waals surface area contributed by atoms with Gasteiger partial charge in [-0.1, -0.05) is 17.7 Å². The Morgan fingerprint density at radius 2 is 2.00 bits per heavy atom. The van der Waals surface area contributed by atoms with Gasteiger partial charge < -0.3 is 10.2 Å². The highest BCUT2D eigenvalue weighted by Gasteiger charge is 2.12. The number of halogens is 2. The van der Waals surface area contributed by atoms with E-state index in [0.29, 0.717) is 10.7 Å². The molecular weight excluding hydrogens is 402 g/mol. The molecule has 1 N–H and O–H groups in total. The summed E-state index contributed by atoms with van der Waals surface area (Å²) < 4.78 is 0.887. The highest BCUT2D eigenvalue weighted by molar-refractivity contribution is 9.10. The molecule has 128 valence electrons. The van der Waals surface area contributed by atoms with Crippen molar-refractivity contribution < 1.29 is 4.79 Å². The molecule has 0 atom stereocenters. The van der Waals surface area contributed by atoms with Gasteiger partial charge in [0.05, 0.1) is 5.69 Å². The van der Waals surface area contributed by atoms with Crippen molar-refractivity contribution in [3.05, 3.63) is 62.6 Å². The molecule has 0 spiro atoms. The highest BCUT2D eigenvalue weighted by Crippen LogP contribution is 2.27. The molecule has 1 amide bonds. The molecule has 0 bridgehead atoms. The largest absolute Gasteiger partial charge is 0.377 e. The summed E-state index contributed by atoms with van der Waals surface area (Å²) in [6.07, 6.45) is 1.56. The fourth-order valence-corrected chi connectivity index (χ4v) is 3.23. The van der Waals surface area contributed by atoms with Crippen LogP contribution >= 0.6 is 27.5 Å². The molecule has 2 aromatic rings. The summed E-state index contributed by atoms with van der Waals surface area (Å²) >= 11 is 9.42. The van der Waals surface area contributed by atoms with Crippen molar-refractivity contribution in [3.8, 4) is 6.07 Å². The molecule has 0 fully saturated rings. The summed E-state index contributed by atoms with van der Waals surface area (Å²) in [5.74, 6) is -0.458. The smallest absolute Gasteiger partial charge is 0.266 e. The lowest BCUT2D eigenvalue weighted by atomic mass is 10.1. The first kappa shape index (κ1) is 19.0. The molecule has 0 aliphatic rings. The normalized spacial score (nSPS) is 11.0. The lowest BCUT2D eigenvalue weighted by molar-refractivity contribution is -0.112. The number of amides is 1. The molecule has 0 heterocycles. The molecule has 0 saturated carbocycles. The Labute approximate surface area is 160 Å². The average molecular weight is 419 g/mol. The van der Waals surface area contributed by atoms with Crippen molar-refractivity contribution in [1.82, 2.24) is 0 Å². The summed E-state index contributed by atoms with van der Waals surface area (Å²) in [7, 11) is 3.89. The Morgan fingerprint density at radius 3 is 2.56 bits per heavy atom. The highest BCUT2D eigenvalue weighted by atomic mass is 79.9. The van der Waals surface area contributed by atoms with Crippen molar-refractivity contribution >= 4 is 50.9 Å². The summed E-state index contributed by atoms with van der Waals surface area (Å²) in [4.78, 5) is 14.4. The quantitative estimate of drug-likeness (QED) is 0.560. The third-order valence-corrected chi connectivity index (χ3v) is 4.44. The maximum atomic E-state index is 12.4. The van der Waals surface area contributed by atoms with Gasteiger partial charge in [0, 0.05) is 29.3 Å². The van der Waals surface area contributed by atoms with Gasteiger partial charge in [-0.2, -0.15) is 5.26 Å². The van der Waals surface area contributed by atoms with Crippen molar-refractivity contribution in [3.63, 3.8) is 0 Å². The summed E-state index contributed by atoms with van der Waals surface area (Å²) in [6.45, 7) is 1.84. The molecule has 0 radical (unpaired) electrons. The van der Waals surface area contributed by atoms with Gasteiger partial charge in [-0.15, -0.1) is 0 Å².